The predicted molar refractivity (Wildman–Crippen MR) is 57.8 cm³/mol. The van der Waals surface area contributed by atoms with Gasteiger partial charge in [0.25, 0.3) is 0 Å². The molecule has 1 atom stereocenters. The first-order valence-corrected chi connectivity index (χ1v) is 5.42. The molecule has 1 heterocycles. The summed E-state index contributed by atoms with van der Waals surface area (Å²) in [5.74, 6) is 0.583. The Bertz CT molecular complexity index is 213. The van der Waals surface area contributed by atoms with Crippen molar-refractivity contribution in [3.8, 4) is 0 Å². The molecule has 0 radical (unpaired) electrons. The number of likely N-dealkylation sites (tertiary alicyclic amines) is 1. The van der Waals surface area contributed by atoms with Crippen molar-refractivity contribution < 1.29 is 4.79 Å². The van der Waals surface area contributed by atoms with Gasteiger partial charge >= 0.3 is 0 Å². The minimum absolute atomic E-state index is 0.272. The van der Waals surface area contributed by atoms with E-state index in [9.17, 15) is 4.79 Å². The van der Waals surface area contributed by atoms with Crippen LogP contribution in [0, 0.1) is 11.3 Å². The van der Waals surface area contributed by atoms with Gasteiger partial charge in [-0.1, -0.05) is 20.8 Å². The largest absolute Gasteiger partial charge is 0.342 e. The van der Waals surface area contributed by atoms with Crippen LogP contribution in [0.2, 0.25) is 0 Å². The minimum atomic E-state index is 0.272. The van der Waals surface area contributed by atoms with Gasteiger partial charge in [-0.15, -0.1) is 0 Å². The molecule has 0 spiro atoms. The molecule has 0 saturated carbocycles. The van der Waals surface area contributed by atoms with Crippen LogP contribution in [-0.2, 0) is 4.79 Å². The van der Waals surface area contributed by atoms with Crippen LogP contribution in [0.15, 0.2) is 0 Å². The van der Waals surface area contributed by atoms with E-state index in [4.69, 9.17) is 5.73 Å². The first-order valence-electron chi connectivity index (χ1n) is 5.42. The van der Waals surface area contributed by atoms with Crippen molar-refractivity contribution in [1.82, 2.24) is 4.90 Å². The van der Waals surface area contributed by atoms with Gasteiger partial charge in [-0.05, 0) is 24.3 Å². The fourth-order valence-electron chi connectivity index (χ4n) is 1.84. The molecule has 0 bridgehead atoms. The van der Waals surface area contributed by atoms with Crippen molar-refractivity contribution >= 4 is 5.91 Å². The monoisotopic (exact) mass is 198 g/mol. The molecule has 1 amide bonds. The lowest BCUT2D eigenvalue weighted by Crippen LogP contribution is -2.32. The Morgan fingerprint density at radius 3 is 2.64 bits per heavy atom. The average molecular weight is 198 g/mol. The quantitative estimate of drug-likeness (QED) is 0.741. The molecular weight excluding hydrogens is 176 g/mol. The first kappa shape index (κ1) is 11.5. The van der Waals surface area contributed by atoms with Crippen LogP contribution in [-0.4, -0.2) is 30.4 Å². The summed E-state index contributed by atoms with van der Waals surface area (Å²) in [6.45, 7) is 8.88. The Hall–Kier alpha value is -0.570. The van der Waals surface area contributed by atoms with E-state index in [1.807, 2.05) is 11.8 Å². The summed E-state index contributed by atoms with van der Waals surface area (Å²) in [6.07, 6.45) is 1.72. The summed E-state index contributed by atoms with van der Waals surface area (Å²) >= 11 is 0. The highest BCUT2D eigenvalue weighted by Crippen LogP contribution is 2.29. The molecule has 82 valence electrons. The van der Waals surface area contributed by atoms with Gasteiger partial charge in [0.2, 0.25) is 5.91 Å². The van der Waals surface area contributed by atoms with E-state index in [-0.39, 0.29) is 5.91 Å². The Morgan fingerprint density at radius 1 is 1.57 bits per heavy atom. The van der Waals surface area contributed by atoms with Gasteiger partial charge in [0.15, 0.2) is 0 Å². The standard InChI is InChI=1S/C11H22N2O/c1-9(7-12)6-10(14)13-5-4-11(2,3)8-13/h9H,4-8,12H2,1-3H3. The van der Waals surface area contributed by atoms with E-state index < -0.39 is 0 Å². The van der Waals surface area contributed by atoms with Crippen molar-refractivity contribution in [3.63, 3.8) is 0 Å². The fraction of sp³-hybridized carbons (Fsp3) is 0.909. The van der Waals surface area contributed by atoms with Gasteiger partial charge in [0.1, 0.15) is 0 Å². The number of nitrogens with two attached hydrogens (primary N) is 1. The lowest BCUT2D eigenvalue weighted by Gasteiger charge is -2.21. The second kappa shape index (κ2) is 4.30. The van der Waals surface area contributed by atoms with E-state index in [2.05, 4.69) is 13.8 Å². The molecule has 1 saturated heterocycles. The normalized spacial score (nSPS) is 22.4. The number of nitrogens with zero attached hydrogens (tertiary/aromatic N) is 1. The van der Waals surface area contributed by atoms with E-state index >= 15 is 0 Å². The molecule has 1 rings (SSSR count). The molecule has 3 nitrogen and oxygen atoms in total. The van der Waals surface area contributed by atoms with E-state index in [0.29, 0.717) is 24.3 Å². The Balaban J connectivity index is 2.40. The summed E-state index contributed by atoms with van der Waals surface area (Å²) < 4.78 is 0. The van der Waals surface area contributed by atoms with Gasteiger partial charge in [-0.2, -0.15) is 0 Å². The highest BCUT2D eigenvalue weighted by molar-refractivity contribution is 5.76. The van der Waals surface area contributed by atoms with E-state index in [1.54, 1.807) is 0 Å². The van der Waals surface area contributed by atoms with Crippen LogP contribution >= 0.6 is 0 Å². The van der Waals surface area contributed by atoms with Crippen LogP contribution in [0.5, 0.6) is 0 Å². The molecular formula is C11H22N2O. The van der Waals surface area contributed by atoms with Gasteiger partial charge < -0.3 is 10.6 Å². The number of carbonyl (C=O) groups excluding carboxylic acids is 1. The zero-order valence-corrected chi connectivity index (χ0v) is 9.55. The molecule has 1 aliphatic heterocycles. The summed E-state index contributed by atoms with van der Waals surface area (Å²) in [7, 11) is 0. The average Bonchev–Trinajstić information content (AvgIpc) is 2.46. The van der Waals surface area contributed by atoms with E-state index in [0.717, 1.165) is 19.5 Å². The summed E-state index contributed by atoms with van der Waals surface area (Å²) in [5.41, 5.74) is 5.81. The second-order valence-corrected chi connectivity index (χ2v) is 5.27. The van der Waals surface area contributed by atoms with Crippen LogP contribution < -0.4 is 5.73 Å². The summed E-state index contributed by atoms with van der Waals surface area (Å²) in [5, 5.41) is 0. The number of carbonyl (C=O) groups is 1. The van der Waals surface area contributed by atoms with Crippen molar-refractivity contribution in [2.75, 3.05) is 19.6 Å². The maximum Gasteiger partial charge on any atom is 0.222 e. The molecule has 0 aliphatic carbocycles. The maximum atomic E-state index is 11.8. The minimum Gasteiger partial charge on any atom is -0.342 e. The smallest absolute Gasteiger partial charge is 0.222 e. The Labute approximate surface area is 86.6 Å². The maximum absolute atomic E-state index is 11.8. The molecule has 0 aromatic heterocycles. The third kappa shape index (κ3) is 2.98. The first-order chi connectivity index (χ1) is 6.44. The van der Waals surface area contributed by atoms with Crippen LogP contribution in [0.25, 0.3) is 0 Å². The van der Waals surface area contributed by atoms with Gasteiger partial charge in [0.05, 0.1) is 0 Å². The molecule has 2 N–H and O–H groups in total. The van der Waals surface area contributed by atoms with Gasteiger partial charge in [-0.25, -0.2) is 0 Å². The van der Waals surface area contributed by atoms with Crippen LogP contribution in [0.4, 0.5) is 0 Å². The lowest BCUT2D eigenvalue weighted by atomic mass is 9.93. The molecule has 0 aromatic rings. The molecule has 1 fully saturated rings. The van der Waals surface area contributed by atoms with Gasteiger partial charge in [0, 0.05) is 19.5 Å². The van der Waals surface area contributed by atoms with Crippen molar-refractivity contribution in [1.29, 1.82) is 0 Å². The van der Waals surface area contributed by atoms with Crippen LogP contribution in [0.1, 0.15) is 33.6 Å². The zero-order chi connectivity index (χ0) is 10.8. The topological polar surface area (TPSA) is 46.3 Å². The fourth-order valence-corrected chi connectivity index (χ4v) is 1.84. The summed E-state index contributed by atoms with van der Waals surface area (Å²) in [6, 6.07) is 0. The van der Waals surface area contributed by atoms with E-state index in [1.165, 1.54) is 0 Å². The molecule has 14 heavy (non-hydrogen) atoms. The summed E-state index contributed by atoms with van der Waals surface area (Å²) in [4.78, 5) is 13.8. The lowest BCUT2D eigenvalue weighted by molar-refractivity contribution is -0.131. The number of hydrogen-bond acceptors (Lipinski definition) is 2. The molecule has 0 aromatic carbocycles. The third-order valence-corrected chi connectivity index (χ3v) is 2.96. The SMILES string of the molecule is CC(CN)CC(=O)N1CCC(C)(C)C1. The number of rotatable bonds is 3. The molecule has 1 aliphatic rings. The Morgan fingerprint density at radius 2 is 2.21 bits per heavy atom. The van der Waals surface area contributed by atoms with Crippen molar-refractivity contribution in [3.05, 3.63) is 0 Å². The predicted octanol–water partition coefficient (Wildman–Crippen LogP) is 1.23. The number of amides is 1. The van der Waals surface area contributed by atoms with Crippen molar-refractivity contribution in [2.24, 2.45) is 17.1 Å². The van der Waals surface area contributed by atoms with Crippen molar-refractivity contribution in [2.45, 2.75) is 33.6 Å². The molecule has 1 unspecified atom stereocenters. The third-order valence-electron chi connectivity index (χ3n) is 2.96. The second-order valence-electron chi connectivity index (χ2n) is 5.27. The molecule has 3 heteroatoms. The zero-order valence-electron chi connectivity index (χ0n) is 9.55. The number of hydrogen-bond donors (Lipinski definition) is 1. The Kier molecular flexibility index (Phi) is 3.53. The highest BCUT2D eigenvalue weighted by atomic mass is 16.2. The van der Waals surface area contributed by atoms with Gasteiger partial charge in [-0.3, -0.25) is 4.79 Å². The van der Waals surface area contributed by atoms with Crippen LogP contribution in [0.3, 0.4) is 0 Å². The highest BCUT2D eigenvalue weighted by Gasteiger charge is 2.31.